The highest BCUT2D eigenvalue weighted by molar-refractivity contribution is 8.18. The molecular formula is C24H20ClN3O2S. The summed E-state index contributed by atoms with van der Waals surface area (Å²) in [6.45, 7) is 2.87. The molecule has 156 valence electrons. The van der Waals surface area contributed by atoms with Crippen molar-refractivity contribution in [3.8, 4) is 5.75 Å². The lowest BCUT2D eigenvalue weighted by atomic mass is 10.2. The largest absolute Gasteiger partial charge is 0.489 e. The molecule has 0 spiro atoms. The second-order valence-electron chi connectivity index (χ2n) is 6.69. The number of nitrogens with zero attached hydrogens (tertiary/aromatic N) is 3. The van der Waals surface area contributed by atoms with E-state index in [1.54, 1.807) is 11.1 Å². The van der Waals surface area contributed by atoms with Crippen molar-refractivity contribution in [2.24, 2.45) is 4.99 Å². The molecule has 7 heteroatoms. The highest BCUT2D eigenvalue weighted by Gasteiger charge is 2.32. The number of likely N-dealkylation sites (N-methyl/N-ethyl adjacent to an activating group) is 1. The summed E-state index contributed by atoms with van der Waals surface area (Å²) in [5.74, 6) is 1.26. The molecule has 31 heavy (non-hydrogen) atoms. The first kappa shape index (κ1) is 21.2. The normalized spacial score (nSPS) is 16.3. The molecule has 1 fully saturated rings. The molecule has 0 aliphatic carbocycles. The number of halogens is 1. The summed E-state index contributed by atoms with van der Waals surface area (Å²) in [5.41, 5.74) is 1.85. The standard InChI is InChI=1S/C24H20ClN3O2S/c1-2-28-23(29)21(31-24(28)27-22-9-5-6-14-26-22)15-17-10-12-19(13-11-17)30-16-18-7-3-4-8-20(18)25/h3-15H,2,16H2,1H3/b21-15-,27-24+. The summed E-state index contributed by atoms with van der Waals surface area (Å²) < 4.78 is 5.83. The zero-order valence-electron chi connectivity index (χ0n) is 16.9. The second-order valence-corrected chi connectivity index (χ2v) is 8.11. The van der Waals surface area contributed by atoms with Crippen molar-refractivity contribution in [1.82, 2.24) is 9.88 Å². The van der Waals surface area contributed by atoms with Gasteiger partial charge in [0.1, 0.15) is 12.4 Å². The number of carbonyl (C=O) groups is 1. The highest BCUT2D eigenvalue weighted by Crippen LogP contribution is 2.33. The third kappa shape index (κ3) is 5.16. The van der Waals surface area contributed by atoms with Crippen LogP contribution in [0.4, 0.5) is 5.82 Å². The minimum atomic E-state index is -0.0544. The van der Waals surface area contributed by atoms with Crippen LogP contribution in [-0.2, 0) is 11.4 Å². The van der Waals surface area contributed by atoms with Gasteiger partial charge in [0.05, 0.1) is 4.91 Å². The van der Waals surface area contributed by atoms with E-state index in [-0.39, 0.29) is 5.91 Å². The molecule has 0 radical (unpaired) electrons. The Morgan fingerprint density at radius 2 is 1.87 bits per heavy atom. The van der Waals surface area contributed by atoms with Gasteiger partial charge in [-0.1, -0.05) is 48.0 Å². The van der Waals surface area contributed by atoms with Crippen LogP contribution in [0.5, 0.6) is 5.75 Å². The van der Waals surface area contributed by atoms with Crippen LogP contribution in [0.2, 0.25) is 5.02 Å². The number of carbonyl (C=O) groups excluding carboxylic acids is 1. The first-order valence-corrected chi connectivity index (χ1v) is 11.0. The molecule has 1 aliphatic rings. The van der Waals surface area contributed by atoms with Crippen molar-refractivity contribution in [3.63, 3.8) is 0 Å². The summed E-state index contributed by atoms with van der Waals surface area (Å²) >= 11 is 7.53. The van der Waals surface area contributed by atoms with Gasteiger partial charge < -0.3 is 4.74 Å². The van der Waals surface area contributed by atoms with Crippen molar-refractivity contribution in [3.05, 3.63) is 94.0 Å². The average Bonchev–Trinajstić information content (AvgIpc) is 3.08. The monoisotopic (exact) mass is 449 g/mol. The smallest absolute Gasteiger partial charge is 0.266 e. The number of aliphatic imine (C=N–C) groups is 1. The third-order valence-electron chi connectivity index (χ3n) is 4.59. The van der Waals surface area contributed by atoms with Crippen molar-refractivity contribution in [2.75, 3.05) is 6.54 Å². The number of amidine groups is 1. The van der Waals surface area contributed by atoms with E-state index in [1.165, 1.54) is 11.8 Å². The fourth-order valence-electron chi connectivity index (χ4n) is 2.98. The maximum absolute atomic E-state index is 12.8. The van der Waals surface area contributed by atoms with Gasteiger partial charge in [0, 0.05) is 23.3 Å². The lowest BCUT2D eigenvalue weighted by Crippen LogP contribution is -2.28. The average molecular weight is 450 g/mol. The van der Waals surface area contributed by atoms with Crippen LogP contribution in [0.25, 0.3) is 6.08 Å². The Morgan fingerprint density at radius 3 is 2.58 bits per heavy atom. The summed E-state index contributed by atoms with van der Waals surface area (Å²) in [7, 11) is 0. The van der Waals surface area contributed by atoms with Crippen LogP contribution < -0.4 is 4.74 Å². The van der Waals surface area contributed by atoms with E-state index in [9.17, 15) is 4.79 Å². The molecule has 0 unspecified atom stereocenters. The number of thioether (sulfide) groups is 1. The minimum absolute atomic E-state index is 0.0544. The SMILES string of the molecule is CCN1C(=O)/C(=C/c2ccc(OCc3ccccc3Cl)cc2)S/C1=N/c1ccccn1. The molecule has 2 heterocycles. The Bertz CT molecular complexity index is 1130. The number of hydrogen-bond donors (Lipinski definition) is 0. The van der Waals surface area contributed by atoms with Crippen LogP contribution in [0.1, 0.15) is 18.1 Å². The molecule has 1 saturated heterocycles. The van der Waals surface area contributed by atoms with E-state index in [0.29, 0.717) is 34.1 Å². The van der Waals surface area contributed by atoms with E-state index < -0.39 is 0 Å². The van der Waals surface area contributed by atoms with E-state index in [0.717, 1.165) is 16.9 Å². The summed E-state index contributed by atoms with van der Waals surface area (Å²) in [6.07, 6.45) is 3.55. The van der Waals surface area contributed by atoms with Crippen LogP contribution in [-0.4, -0.2) is 27.5 Å². The van der Waals surface area contributed by atoms with Gasteiger partial charge in [-0.2, -0.15) is 0 Å². The topological polar surface area (TPSA) is 54.8 Å². The van der Waals surface area contributed by atoms with E-state index in [1.807, 2.05) is 79.7 Å². The predicted molar refractivity (Wildman–Crippen MR) is 127 cm³/mol. The number of ether oxygens (including phenoxy) is 1. The summed E-state index contributed by atoms with van der Waals surface area (Å²) in [4.78, 5) is 23.8. The molecule has 0 bridgehead atoms. The van der Waals surface area contributed by atoms with Gasteiger partial charge in [0.2, 0.25) is 0 Å². The molecule has 0 atom stereocenters. The fourth-order valence-corrected chi connectivity index (χ4v) is 4.22. The van der Waals surface area contributed by atoms with E-state index >= 15 is 0 Å². The summed E-state index contributed by atoms with van der Waals surface area (Å²) in [6, 6.07) is 20.7. The number of amides is 1. The molecule has 0 saturated carbocycles. The predicted octanol–water partition coefficient (Wildman–Crippen LogP) is 5.94. The fraction of sp³-hybridized carbons (Fsp3) is 0.125. The van der Waals surface area contributed by atoms with Gasteiger partial charge in [-0.15, -0.1) is 0 Å². The van der Waals surface area contributed by atoms with Crippen molar-refractivity contribution in [2.45, 2.75) is 13.5 Å². The number of aromatic nitrogens is 1. The highest BCUT2D eigenvalue weighted by atomic mass is 35.5. The van der Waals surface area contributed by atoms with Crippen LogP contribution in [0.3, 0.4) is 0 Å². The Hall–Kier alpha value is -3.09. The van der Waals surface area contributed by atoms with Crippen molar-refractivity contribution >= 4 is 46.3 Å². The lowest BCUT2D eigenvalue weighted by molar-refractivity contribution is -0.122. The van der Waals surface area contributed by atoms with Gasteiger partial charge in [-0.05, 0) is 60.7 Å². The van der Waals surface area contributed by atoms with E-state index in [2.05, 4.69) is 9.98 Å². The molecule has 5 nitrogen and oxygen atoms in total. The summed E-state index contributed by atoms with van der Waals surface area (Å²) in [5, 5.41) is 1.32. The van der Waals surface area contributed by atoms with Gasteiger partial charge >= 0.3 is 0 Å². The third-order valence-corrected chi connectivity index (χ3v) is 5.97. The van der Waals surface area contributed by atoms with Gasteiger partial charge in [0.15, 0.2) is 11.0 Å². The zero-order valence-corrected chi connectivity index (χ0v) is 18.4. The number of benzene rings is 2. The van der Waals surface area contributed by atoms with Gasteiger partial charge in [-0.3, -0.25) is 9.69 Å². The maximum Gasteiger partial charge on any atom is 0.266 e. The molecule has 2 aromatic carbocycles. The van der Waals surface area contributed by atoms with Gasteiger partial charge in [0.25, 0.3) is 5.91 Å². The van der Waals surface area contributed by atoms with Crippen LogP contribution >= 0.6 is 23.4 Å². The molecule has 4 rings (SSSR count). The van der Waals surface area contributed by atoms with E-state index in [4.69, 9.17) is 16.3 Å². The van der Waals surface area contributed by atoms with Crippen molar-refractivity contribution in [1.29, 1.82) is 0 Å². The lowest BCUT2D eigenvalue weighted by Gasteiger charge is -2.11. The Morgan fingerprint density at radius 1 is 1.10 bits per heavy atom. The number of pyridine rings is 1. The quantitative estimate of drug-likeness (QED) is 0.437. The molecule has 3 aromatic rings. The number of hydrogen-bond acceptors (Lipinski definition) is 5. The first-order valence-electron chi connectivity index (χ1n) is 9.81. The minimum Gasteiger partial charge on any atom is -0.489 e. The number of rotatable bonds is 6. The second kappa shape index (κ2) is 9.81. The molecule has 1 aliphatic heterocycles. The van der Waals surface area contributed by atoms with Crippen LogP contribution in [0, 0.1) is 0 Å². The molecule has 1 aromatic heterocycles. The Kier molecular flexibility index (Phi) is 6.70. The van der Waals surface area contributed by atoms with Crippen LogP contribution in [0.15, 0.2) is 82.8 Å². The molecule has 1 amide bonds. The zero-order chi connectivity index (χ0) is 21.6. The Labute approximate surface area is 190 Å². The maximum atomic E-state index is 12.8. The van der Waals surface area contributed by atoms with Crippen molar-refractivity contribution < 1.29 is 9.53 Å². The first-order chi connectivity index (χ1) is 15.1. The molecular weight excluding hydrogens is 430 g/mol. The van der Waals surface area contributed by atoms with Gasteiger partial charge in [-0.25, -0.2) is 9.98 Å². The molecule has 0 N–H and O–H groups in total. The Balaban J connectivity index is 1.47.